The Labute approximate surface area is 223 Å². The van der Waals surface area contributed by atoms with Gasteiger partial charge >= 0.3 is 5.97 Å². The van der Waals surface area contributed by atoms with Gasteiger partial charge in [-0.05, 0) is 73.9 Å². The van der Waals surface area contributed by atoms with E-state index in [-0.39, 0.29) is 17.7 Å². The maximum absolute atomic E-state index is 13.1. The first-order valence-electron chi connectivity index (χ1n) is 13.4. The number of anilines is 1. The zero-order valence-electron chi connectivity index (χ0n) is 22.1. The summed E-state index contributed by atoms with van der Waals surface area (Å²) in [6.07, 6.45) is 3.82. The molecule has 0 radical (unpaired) electrons. The molecule has 0 saturated carbocycles. The molecule has 200 valence electrons. The summed E-state index contributed by atoms with van der Waals surface area (Å²) in [4.78, 5) is 19.0. The van der Waals surface area contributed by atoms with Crippen LogP contribution in [0.1, 0.15) is 41.8 Å². The van der Waals surface area contributed by atoms with Crippen LogP contribution in [0.15, 0.2) is 48.5 Å². The highest BCUT2D eigenvalue weighted by molar-refractivity contribution is 5.86. The number of hydrogen-bond donors (Lipinski definition) is 1. The summed E-state index contributed by atoms with van der Waals surface area (Å²) in [5.74, 6) is -0.343. The Morgan fingerprint density at radius 2 is 1.76 bits per heavy atom. The van der Waals surface area contributed by atoms with Gasteiger partial charge in [0.05, 0.1) is 25.3 Å². The van der Waals surface area contributed by atoms with Gasteiger partial charge in [0.2, 0.25) is 0 Å². The van der Waals surface area contributed by atoms with Crippen LogP contribution in [0.2, 0.25) is 0 Å². The van der Waals surface area contributed by atoms with Crippen LogP contribution in [0.5, 0.6) is 5.75 Å². The second-order valence-electron chi connectivity index (χ2n) is 10.6. The van der Waals surface area contributed by atoms with Crippen molar-refractivity contribution in [3.05, 3.63) is 76.9 Å². The summed E-state index contributed by atoms with van der Waals surface area (Å²) in [5.41, 5.74) is 6.71. The Kier molecular flexibility index (Phi) is 7.65. The van der Waals surface area contributed by atoms with Crippen molar-refractivity contribution in [2.75, 3.05) is 37.8 Å². The van der Waals surface area contributed by atoms with E-state index in [1.807, 2.05) is 38.1 Å². The molecule has 3 heterocycles. The van der Waals surface area contributed by atoms with Gasteiger partial charge in [-0.15, -0.1) is 0 Å². The maximum atomic E-state index is 13.1. The molecule has 3 aromatic rings. The molecule has 2 saturated heterocycles. The van der Waals surface area contributed by atoms with Gasteiger partial charge in [-0.3, -0.25) is 9.78 Å². The number of carboxylic acid groups (broad SMARTS) is 1. The average molecular weight is 519 g/mol. The van der Waals surface area contributed by atoms with Gasteiger partial charge in [0.1, 0.15) is 11.6 Å². The second-order valence-corrected chi connectivity index (χ2v) is 10.6. The number of benzene rings is 2. The minimum Gasteiger partial charge on any atom is -0.493 e. The van der Waals surface area contributed by atoms with E-state index < -0.39 is 5.97 Å². The number of aromatic nitrogens is 1. The van der Waals surface area contributed by atoms with Gasteiger partial charge in [0, 0.05) is 48.6 Å². The largest absolute Gasteiger partial charge is 0.493 e. The van der Waals surface area contributed by atoms with Crippen molar-refractivity contribution < 1.29 is 23.8 Å². The zero-order chi connectivity index (χ0) is 26.7. The fraction of sp³-hybridized carbons (Fsp3) is 0.419. The van der Waals surface area contributed by atoms with E-state index in [0.29, 0.717) is 13.0 Å². The molecule has 1 aromatic heterocycles. The third-order valence-electron chi connectivity index (χ3n) is 8.03. The Hall–Kier alpha value is -3.45. The summed E-state index contributed by atoms with van der Waals surface area (Å²) in [7, 11) is 0. The Morgan fingerprint density at radius 3 is 2.39 bits per heavy atom. The predicted octanol–water partition coefficient (Wildman–Crippen LogP) is 5.76. The molecule has 38 heavy (non-hydrogen) atoms. The standard InChI is InChI=1S/C31H35FN2O4/c1-21-27(19-28(35)36)30(34-15-12-31(13-16-34)14-18-37-20-31)29(22(2)33-21)24-5-9-26(10-6-24)38-17-11-23-3-7-25(32)8-4-23/h3-10H,11-20H2,1-2H3,(H,35,36). The van der Waals surface area contributed by atoms with Crippen LogP contribution in [0.3, 0.4) is 0 Å². The number of piperidine rings is 1. The highest BCUT2D eigenvalue weighted by Gasteiger charge is 2.39. The van der Waals surface area contributed by atoms with Crippen LogP contribution in [-0.4, -0.2) is 49.0 Å². The molecule has 1 spiro atoms. The van der Waals surface area contributed by atoms with Gasteiger partial charge in [0.25, 0.3) is 0 Å². The molecule has 0 bridgehead atoms. The maximum Gasteiger partial charge on any atom is 0.307 e. The van der Waals surface area contributed by atoms with Crippen molar-refractivity contribution in [1.29, 1.82) is 0 Å². The van der Waals surface area contributed by atoms with Gasteiger partial charge in [-0.25, -0.2) is 4.39 Å². The summed E-state index contributed by atoms with van der Waals surface area (Å²) < 4.78 is 24.8. The normalized spacial score (nSPS) is 16.7. The molecule has 1 N–H and O–H groups in total. The first-order chi connectivity index (χ1) is 18.3. The van der Waals surface area contributed by atoms with Crippen LogP contribution in [0.25, 0.3) is 11.1 Å². The molecule has 0 amide bonds. The van der Waals surface area contributed by atoms with Crippen molar-refractivity contribution >= 4 is 11.7 Å². The molecular formula is C31H35FN2O4. The summed E-state index contributed by atoms with van der Waals surface area (Å²) >= 11 is 0. The number of aliphatic carboxylic acids is 1. The SMILES string of the molecule is Cc1nc(C)c(-c2ccc(OCCc3ccc(F)cc3)cc2)c(N2CCC3(CCOC3)CC2)c1CC(=O)O. The number of ether oxygens (including phenoxy) is 2. The minimum absolute atomic E-state index is 0.0587. The molecule has 2 aliphatic heterocycles. The molecule has 5 rings (SSSR count). The van der Waals surface area contributed by atoms with Crippen LogP contribution in [-0.2, 0) is 22.4 Å². The number of pyridine rings is 1. The number of nitrogens with zero attached hydrogens (tertiary/aromatic N) is 2. The van der Waals surface area contributed by atoms with Crippen molar-refractivity contribution in [2.45, 2.75) is 46.0 Å². The zero-order valence-corrected chi connectivity index (χ0v) is 22.1. The van der Waals surface area contributed by atoms with E-state index in [9.17, 15) is 14.3 Å². The Morgan fingerprint density at radius 1 is 1.05 bits per heavy atom. The lowest BCUT2D eigenvalue weighted by Gasteiger charge is -2.41. The van der Waals surface area contributed by atoms with Gasteiger partial charge in [0.15, 0.2) is 0 Å². The second kappa shape index (κ2) is 11.1. The first-order valence-corrected chi connectivity index (χ1v) is 13.4. The van der Waals surface area contributed by atoms with Crippen LogP contribution in [0.4, 0.5) is 10.1 Å². The van der Waals surface area contributed by atoms with Crippen molar-refractivity contribution in [1.82, 2.24) is 4.98 Å². The smallest absolute Gasteiger partial charge is 0.307 e. The van der Waals surface area contributed by atoms with Crippen molar-refractivity contribution in [3.8, 4) is 16.9 Å². The van der Waals surface area contributed by atoms with Gasteiger partial charge < -0.3 is 19.5 Å². The first kappa shape index (κ1) is 26.2. The number of halogens is 1. The van der Waals surface area contributed by atoms with Crippen molar-refractivity contribution in [3.63, 3.8) is 0 Å². The molecule has 6 nitrogen and oxygen atoms in total. The lowest BCUT2D eigenvalue weighted by Crippen LogP contribution is -2.41. The highest BCUT2D eigenvalue weighted by atomic mass is 19.1. The molecule has 2 aromatic carbocycles. The quantitative estimate of drug-likeness (QED) is 0.409. The van der Waals surface area contributed by atoms with E-state index in [2.05, 4.69) is 4.90 Å². The minimum atomic E-state index is -0.853. The third-order valence-corrected chi connectivity index (χ3v) is 8.03. The lowest BCUT2D eigenvalue weighted by molar-refractivity contribution is -0.136. The number of carboxylic acids is 1. The summed E-state index contributed by atoms with van der Waals surface area (Å²) in [6.45, 7) is 7.80. The number of rotatable bonds is 8. The molecular weight excluding hydrogens is 483 g/mol. The van der Waals surface area contributed by atoms with Crippen LogP contribution < -0.4 is 9.64 Å². The van der Waals surface area contributed by atoms with Gasteiger partial charge in [-0.1, -0.05) is 24.3 Å². The van der Waals surface area contributed by atoms with E-state index in [4.69, 9.17) is 14.5 Å². The highest BCUT2D eigenvalue weighted by Crippen LogP contribution is 2.44. The molecule has 2 fully saturated rings. The molecule has 0 atom stereocenters. The topological polar surface area (TPSA) is 71.9 Å². The summed E-state index contributed by atoms with van der Waals surface area (Å²) in [5, 5.41) is 9.73. The van der Waals surface area contributed by atoms with Crippen LogP contribution in [0, 0.1) is 25.1 Å². The fourth-order valence-electron chi connectivity index (χ4n) is 5.83. The Bertz CT molecular complexity index is 1270. The van der Waals surface area contributed by atoms with E-state index in [0.717, 1.165) is 90.6 Å². The molecule has 0 aliphatic carbocycles. The monoisotopic (exact) mass is 518 g/mol. The molecule has 0 unspecified atom stereocenters. The molecule has 2 aliphatic rings. The predicted molar refractivity (Wildman–Crippen MR) is 145 cm³/mol. The van der Waals surface area contributed by atoms with E-state index >= 15 is 0 Å². The number of hydrogen-bond acceptors (Lipinski definition) is 5. The van der Waals surface area contributed by atoms with E-state index in [1.54, 1.807) is 12.1 Å². The lowest BCUT2D eigenvalue weighted by atomic mass is 9.77. The fourth-order valence-corrected chi connectivity index (χ4v) is 5.83. The van der Waals surface area contributed by atoms with Gasteiger partial charge in [-0.2, -0.15) is 0 Å². The average Bonchev–Trinajstić information content (AvgIpc) is 3.35. The van der Waals surface area contributed by atoms with E-state index in [1.165, 1.54) is 12.1 Å². The number of aryl methyl sites for hydroxylation is 2. The third kappa shape index (κ3) is 5.68. The van der Waals surface area contributed by atoms with Crippen molar-refractivity contribution in [2.24, 2.45) is 5.41 Å². The summed E-state index contributed by atoms with van der Waals surface area (Å²) in [6, 6.07) is 14.4. The Balaban J connectivity index is 1.40. The van der Waals surface area contributed by atoms with Crippen LogP contribution >= 0.6 is 0 Å². The number of carbonyl (C=O) groups is 1. The molecule has 7 heteroatoms.